The highest BCUT2D eigenvalue weighted by atomic mass is 35.5. The van der Waals surface area contributed by atoms with Crippen LogP contribution in [-0.4, -0.2) is 47.5 Å². The zero-order valence-electron chi connectivity index (χ0n) is 11.4. The van der Waals surface area contributed by atoms with Crippen molar-refractivity contribution < 1.29 is 9.84 Å². The molecule has 0 spiro atoms. The highest BCUT2D eigenvalue weighted by molar-refractivity contribution is 6.29. The van der Waals surface area contributed by atoms with E-state index < -0.39 is 5.60 Å². The van der Waals surface area contributed by atoms with Gasteiger partial charge in [0.25, 0.3) is 0 Å². The average Bonchev–Trinajstić information content (AvgIpc) is 2.38. The summed E-state index contributed by atoms with van der Waals surface area (Å²) in [6.07, 6.45) is 2.03. The Bertz CT molecular complexity index is 436. The number of aromatic nitrogens is 2. The molecule has 1 fully saturated rings. The minimum absolute atomic E-state index is 0.438. The Morgan fingerprint density at radius 1 is 1.42 bits per heavy atom. The summed E-state index contributed by atoms with van der Waals surface area (Å²) in [6, 6.07) is 1.73. The molecule has 1 aliphatic heterocycles. The van der Waals surface area contributed by atoms with Gasteiger partial charge in [-0.1, -0.05) is 18.5 Å². The van der Waals surface area contributed by atoms with Crippen LogP contribution in [0.5, 0.6) is 0 Å². The fourth-order valence-electron chi connectivity index (χ4n) is 2.24. The van der Waals surface area contributed by atoms with Gasteiger partial charge in [0.05, 0.1) is 5.60 Å². The van der Waals surface area contributed by atoms with Gasteiger partial charge in [-0.2, -0.15) is 0 Å². The lowest BCUT2D eigenvalue weighted by molar-refractivity contribution is -0.0573. The zero-order valence-corrected chi connectivity index (χ0v) is 12.2. The highest BCUT2D eigenvalue weighted by Crippen LogP contribution is 2.24. The fraction of sp³-hybridized carbons (Fsp3) is 0.692. The smallest absolute Gasteiger partial charge is 0.134 e. The van der Waals surface area contributed by atoms with Crippen LogP contribution in [-0.2, 0) is 11.2 Å². The van der Waals surface area contributed by atoms with Crippen molar-refractivity contribution in [1.82, 2.24) is 9.97 Å². The van der Waals surface area contributed by atoms with Crippen molar-refractivity contribution in [2.45, 2.75) is 31.8 Å². The second kappa shape index (κ2) is 6.03. The van der Waals surface area contributed by atoms with Crippen LogP contribution in [0.25, 0.3) is 0 Å². The number of rotatable bonds is 4. The largest absolute Gasteiger partial charge is 0.388 e. The van der Waals surface area contributed by atoms with Crippen LogP contribution in [0.1, 0.15) is 25.6 Å². The van der Waals surface area contributed by atoms with Gasteiger partial charge in [0.15, 0.2) is 0 Å². The number of hydrogen-bond acceptors (Lipinski definition) is 5. The van der Waals surface area contributed by atoms with E-state index in [9.17, 15) is 5.11 Å². The van der Waals surface area contributed by atoms with Crippen molar-refractivity contribution in [3.63, 3.8) is 0 Å². The monoisotopic (exact) mass is 285 g/mol. The lowest BCUT2D eigenvalue weighted by Gasteiger charge is -2.35. The molecule has 0 amide bonds. The van der Waals surface area contributed by atoms with E-state index in [4.69, 9.17) is 16.3 Å². The third kappa shape index (κ3) is 3.78. The number of halogens is 1. The lowest BCUT2D eigenvalue weighted by Crippen LogP contribution is -2.46. The summed E-state index contributed by atoms with van der Waals surface area (Å²) in [6.45, 7) is 3.72. The van der Waals surface area contributed by atoms with Crippen LogP contribution in [0.3, 0.4) is 0 Å². The minimum Gasteiger partial charge on any atom is -0.388 e. The first-order valence-corrected chi connectivity index (χ1v) is 6.95. The first-order chi connectivity index (χ1) is 9.02. The SMILES string of the molecule is CCc1nc(Cl)cc(N(C)CC2(O)CCOCC2)n1. The summed E-state index contributed by atoms with van der Waals surface area (Å²) in [4.78, 5) is 10.5. The number of anilines is 1. The normalized spacial score (nSPS) is 18.3. The van der Waals surface area contributed by atoms with Crippen molar-refractivity contribution in [3.05, 3.63) is 17.0 Å². The topological polar surface area (TPSA) is 58.5 Å². The van der Waals surface area contributed by atoms with Crippen molar-refractivity contribution in [3.8, 4) is 0 Å². The van der Waals surface area contributed by atoms with Gasteiger partial charge >= 0.3 is 0 Å². The molecule has 0 atom stereocenters. The Hall–Kier alpha value is -0.910. The van der Waals surface area contributed by atoms with E-state index in [2.05, 4.69) is 9.97 Å². The molecule has 0 bridgehead atoms. The van der Waals surface area contributed by atoms with Crippen LogP contribution in [0.15, 0.2) is 6.07 Å². The Morgan fingerprint density at radius 2 is 2.11 bits per heavy atom. The first kappa shape index (κ1) is 14.5. The van der Waals surface area contributed by atoms with Crippen LogP contribution in [0.2, 0.25) is 5.15 Å². The van der Waals surface area contributed by atoms with Gasteiger partial charge in [-0.05, 0) is 0 Å². The number of nitrogens with zero attached hydrogens (tertiary/aromatic N) is 3. The summed E-state index contributed by atoms with van der Waals surface area (Å²) in [5, 5.41) is 10.9. The molecule has 1 saturated heterocycles. The zero-order chi connectivity index (χ0) is 13.9. The van der Waals surface area contributed by atoms with E-state index in [0.29, 0.717) is 43.6 Å². The van der Waals surface area contributed by atoms with Crippen molar-refractivity contribution in [2.75, 3.05) is 31.7 Å². The summed E-state index contributed by atoms with van der Waals surface area (Å²) in [5.74, 6) is 1.46. The number of hydrogen-bond donors (Lipinski definition) is 1. The molecule has 1 aromatic heterocycles. The summed E-state index contributed by atoms with van der Waals surface area (Å²) >= 11 is 5.99. The Balaban J connectivity index is 2.10. The molecule has 106 valence electrons. The molecule has 5 nitrogen and oxygen atoms in total. The number of aryl methyl sites for hydroxylation is 1. The minimum atomic E-state index is -0.712. The second-order valence-electron chi connectivity index (χ2n) is 5.01. The highest BCUT2D eigenvalue weighted by Gasteiger charge is 2.31. The van der Waals surface area contributed by atoms with Gasteiger partial charge < -0.3 is 14.7 Å². The molecule has 0 radical (unpaired) electrons. The quantitative estimate of drug-likeness (QED) is 0.853. The van der Waals surface area contributed by atoms with Crippen LogP contribution in [0, 0.1) is 0 Å². The van der Waals surface area contributed by atoms with Crippen LogP contribution < -0.4 is 4.90 Å². The molecular formula is C13H20ClN3O2. The maximum Gasteiger partial charge on any atom is 0.134 e. The first-order valence-electron chi connectivity index (χ1n) is 6.57. The van der Waals surface area contributed by atoms with E-state index in [1.807, 2.05) is 18.9 Å². The molecule has 6 heteroatoms. The van der Waals surface area contributed by atoms with Gasteiger partial charge in [-0.25, -0.2) is 9.97 Å². The van der Waals surface area contributed by atoms with Crippen molar-refractivity contribution >= 4 is 17.4 Å². The molecule has 1 aromatic rings. The van der Waals surface area contributed by atoms with Gasteiger partial charge in [-0.3, -0.25) is 0 Å². The maximum absolute atomic E-state index is 10.5. The third-order valence-electron chi connectivity index (χ3n) is 3.39. The molecule has 0 aromatic carbocycles. The third-order valence-corrected chi connectivity index (χ3v) is 3.58. The van der Waals surface area contributed by atoms with Gasteiger partial charge in [-0.15, -0.1) is 0 Å². The Morgan fingerprint density at radius 3 is 2.74 bits per heavy atom. The van der Waals surface area contributed by atoms with Crippen molar-refractivity contribution in [1.29, 1.82) is 0 Å². The van der Waals surface area contributed by atoms with E-state index in [1.54, 1.807) is 6.07 Å². The average molecular weight is 286 g/mol. The van der Waals surface area contributed by atoms with Gasteiger partial charge in [0.2, 0.25) is 0 Å². The Labute approximate surface area is 118 Å². The van der Waals surface area contributed by atoms with E-state index in [0.717, 1.165) is 12.2 Å². The lowest BCUT2D eigenvalue weighted by atomic mass is 9.94. The summed E-state index contributed by atoms with van der Waals surface area (Å²) in [5.41, 5.74) is -0.712. The predicted octanol–water partition coefficient (Wildman–Crippen LogP) is 1.67. The molecule has 2 heterocycles. The number of aliphatic hydroxyl groups is 1. The Kier molecular flexibility index (Phi) is 4.60. The molecule has 2 rings (SSSR count). The standard InChI is InChI=1S/C13H20ClN3O2/c1-3-11-15-10(14)8-12(16-11)17(2)9-13(18)4-6-19-7-5-13/h8,18H,3-7,9H2,1-2H3. The van der Waals surface area contributed by atoms with E-state index in [1.165, 1.54) is 0 Å². The van der Waals surface area contributed by atoms with E-state index >= 15 is 0 Å². The summed E-state index contributed by atoms with van der Waals surface area (Å²) in [7, 11) is 1.91. The number of ether oxygens (including phenoxy) is 1. The number of likely N-dealkylation sites (N-methyl/N-ethyl adjacent to an activating group) is 1. The van der Waals surface area contributed by atoms with Gasteiger partial charge in [0, 0.05) is 52.1 Å². The molecule has 0 aliphatic carbocycles. The fourth-order valence-corrected chi connectivity index (χ4v) is 2.43. The predicted molar refractivity (Wildman–Crippen MR) is 74.7 cm³/mol. The summed E-state index contributed by atoms with van der Waals surface area (Å²) < 4.78 is 5.28. The molecule has 1 N–H and O–H groups in total. The van der Waals surface area contributed by atoms with Gasteiger partial charge in [0.1, 0.15) is 16.8 Å². The van der Waals surface area contributed by atoms with E-state index in [-0.39, 0.29) is 0 Å². The molecule has 0 unspecified atom stereocenters. The molecular weight excluding hydrogens is 266 g/mol. The second-order valence-corrected chi connectivity index (χ2v) is 5.40. The maximum atomic E-state index is 10.5. The molecule has 1 aliphatic rings. The van der Waals surface area contributed by atoms with Crippen LogP contribution in [0.4, 0.5) is 5.82 Å². The van der Waals surface area contributed by atoms with Crippen molar-refractivity contribution in [2.24, 2.45) is 0 Å². The molecule has 19 heavy (non-hydrogen) atoms. The van der Waals surface area contributed by atoms with Crippen LogP contribution >= 0.6 is 11.6 Å². The molecule has 0 saturated carbocycles.